The summed E-state index contributed by atoms with van der Waals surface area (Å²) in [7, 11) is 0. The molecule has 0 amide bonds. The van der Waals surface area contributed by atoms with Crippen LogP contribution >= 0.6 is 0 Å². The molecular formula is C60H100N2. The maximum atomic E-state index is 13.1. The molecule has 0 aliphatic carbocycles. The topological polar surface area (TPSA) is 25.3 Å². The van der Waals surface area contributed by atoms with Gasteiger partial charge in [-0.15, -0.1) is 0 Å². The zero-order valence-electron chi connectivity index (χ0n) is 42.7. The number of hydrogen-bond donors (Lipinski definition) is 0. The Hall–Kier alpha value is -2.48. The van der Waals surface area contributed by atoms with E-state index in [1.807, 2.05) is 0 Å². The van der Waals surface area contributed by atoms with Crippen molar-refractivity contribution in [3.63, 3.8) is 0 Å². The molecule has 0 N–H and O–H groups in total. The first-order valence-electron chi connectivity index (χ1n) is 27.7. The first kappa shape index (κ1) is 53.9. The van der Waals surface area contributed by atoms with Crippen molar-refractivity contribution in [3.8, 4) is 0 Å². The number of nitrogens with zero attached hydrogens (tertiary/aromatic N) is 2. The van der Waals surface area contributed by atoms with Crippen LogP contribution in [0.25, 0.3) is 16.9 Å². The summed E-state index contributed by atoms with van der Waals surface area (Å²) in [5, 5.41) is 0. The Labute approximate surface area is 386 Å². The van der Waals surface area contributed by atoms with Crippen LogP contribution in [-0.4, -0.2) is 4.70 Å². The summed E-state index contributed by atoms with van der Waals surface area (Å²) in [5.41, 5.74) is 30.3. The van der Waals surface area contributed by atoms with Crippen molar-refractivity contribution in [2.24, 2.45) is 0 Å². The molecule has 0 bridgehead atoms. The Morgan fingerprint density at radius 2 is 0.532 bits per heavy atom. The van der Waals surface area contributed by atoms with Crippen molar-refractivity contribution in [2.45, 2.75) is 287 Å². The van der Waals surface area contributed by atoms with Gasteiger partial charge < -0.3 is 5.53 Å². The van der Waals surface area contributed by atoms with Gasteiger partial charge in [-0.1, -0.05) is 184 Å². The zero-order valence-corrected chi connectivity index (χ0v) is 42.7. The number of unbranched alkanes of at least 4 members (excludes halogenated alkanes) is 20. The summed E-state index contributed by atoms with van der Waals surface area (Å²) in [6.45, 7) is 18.7. The van der Waals surface area contributed by atoms with Crippen LogP contribution in [0, 0.1) is 0 Å². The molecule has 0 spiro atoms. The minimum Gasteiger partial charge on any atom is -0.493 e. The van der Waals surface area contributed by atoms with Crippen LogP contribution < -0.4 is 0 Å². The molecule has 0 aromatic heterocycles. The van der Waals surface area contributed by atoms with Gasteiger partial charge in [0.1, 0.15) is 0 Å². The normalized spacial score (nSPS) is 13.1. The molecule has 0 unspecified atom stereocenters. The second-order valence-electron chi connectivity index (χ2n) is 19.6. The fourth-order valence-corrected chi connectivity index (χ4v) is 10.3. The van der Waals surface area contributed by atoms with Gasteiger partial charge in [-0.25, -0.2) is 4.70 Å². The summed E-state index contributed by atoms with van der Waals surface area (Å²) in [4.78, 5) is 0. The summed E-state index contributed by atoms with van der Waals surface area (Å²) in [6, 6.07) is 10.3. The average molecular weight is 849 g/mol. The predicted molar refractivity (Wildman–Crippen MR) is 276 cm³/mol. The lowest BCUT2D eigenvalue weighted by atomic mass is 9.85. The summed E-state index contributed by atoms with van der Waals surface area (Å²) in [6.07, 6.45) is 45.0. The standard InChI is InChI=1S/C60H100N2/c1-9-17-25-27-29-35-43-55-49(37-31-19-11-3)45-53(46-50(55)38-32-20-12-4)59-57(41-23-15-7)58(42-24-16-8)60(62(59)61)54-47-51(39-33-21-13-5)56(44-36-30-28-26-18-10-2)52(48-54)40-34-22-14-6/h45-48H,9-44H2,1-8H3. The van der Waals surface area contributed by atoms with Gasteiger partial charge in [0, 0.05) is 22.3 Å². The average Bonchev–Trinajstić information content (AvgIpc) is 3.55. The molecule has 1 heterocycles. The van der Waals surface area contributed by atoms with Gasteiger partial charge in [0.15, 0.2) is 0 Å². The van der Waals surface area contributed by atoms with E-state index in [1.165, 1.54) is 189 Å². The van der Waals surface area contributed by atoms with Gasteiger partial charge in [-0.3, -0.25) is 0 Å². The molecule has 2 aromatic carbocycles. The molecule has 0 fully saturated rings. The quantitative estimate of drug-likeness (QED) is 0.0475. The van der Waals surface area contributed by atoms with Gasteiger partial charge >= 0.3 is 0 Å². The fourth-order valence-electron chi connectivity index (χ4n) is 10.3. The molecule has 2 aromatic rings. The van der Waals surface area contributed by atoms with Crippen molar-refractivity contribution in [2.75, 3.05) is 0 Å². The predicted octanol–water partition coefficient (Wildman–Crippen LogP) is 20.0. The molecule has 62 heavy (non-hydrogen) atoms. The number of benzene rings is 2. The van der Waals surface area contributed by atoms with E-state index in [1.54, 1.807) is 38.1 Å². The van der Waals surface area contributed by atoms with E-state index < -0.39 is 0 Å². The summed E-state index contributed by atoms with van der Waals surface area (Å²) < 4.78 is 1.75. The van der Waals surface area contributed by atoms with Gasteiger partial charge in [0.2, 0.25) is 11.4 Å². The van der Waals surface area contributed by atoms with Crippen molar-refractivity contribution in [1.29, 1.82) is 0 Å². The molecule has 0 saturated heterocycles. The highest BCUT2D eigenvalue weighted by molar-refractivity contribution is 5.83. The van der Waals surface area contributed by atoms with Gasteiger partial charge in [-0.2, -0.15) is 0 Å². The van der Waals surface area contributed by atoms with E-state index in [9.17, 15) is 5.53 Å². The van der Waals surface area contributed by atoms with Gasteiger partial charge in [0.25, 0.3) is 0 Å². The highest BCUT2D eigenvalue weighted by atomic mass is 15.2. The Morgan fingerprint density at radius 3 is 0.823 bits per heavy atom. The smallest absolute Gasteiger partial charge is 0.211 e. The minimum absolute atomic E-state index is 1.03. The zero-order chi connectivity index (χ0) is 44.8. The van der Waals surface area contributed by atoms with Crippen LogP contribution in [0.3, 0.4) is 0 Å². The van der Waals surface area contributed by atoms with Crippen LogP contribution in [0.5, 0.6) is 0 Å². The molecule has 1 aliphatic rings. The Morgan fingerprint density at radius 1 is 0.290 bits per heavy atom. The summed E-state index contributed by atoms with van der Waals surface area (Å²) >= 11 is 0. The van der Waals surface area contributed by atoms with Crippen molar-refractivity contribution in [3.05, 3.63) is 85.5 Å². The molecule has 1 aliphatic heterocycles. The third-order valence-corrected chi connectivity index (χ3v) is 14.1. The first-order chi connectivity index (χ1) is 30.4. The van der Waals surface area contributed by atoms with E-state index in [0.717, 1.165) is 75.6 Å². The Bertz CT molecular complexity index is 1420. The summed E-state index contributed by atoms with van der Waals surface area (Å²) in [5.74, 6) is 0. The molecule has 0 radical (unpaired) electrons. The maximum Gasteiger partial charge on any atom is 0.211 e. The number of allylic oxidation sites excluding steroid dienone is 2. The second-order valence-corrected chi connectivity index (χ2v) is 19.6. The van der Waals surface area contributed by atoms with E-state index >= 15 is 0 Å². The fraction of sp³-hybridized carbons (Fsp3) is 0.733. The molecular weight excluding hydrogens is 749 g/mol. The highest BCUT2D eigenvalue weighted by Gasteiger charge is 2.36. The number of rotatable bonds is 38. The molecule has 3 rings (SSSR count). The minimum atomic E-state index is 1.03. The molecule has 0 atom stereocenters. The van der Waals surface area contributed by atoms with Crippen molar-refractivity contribution < 1.29 is 4.70 Å². The van der Waals surface area contributed by atoms with Crippen LogP contribution in [0.2, 0.25) is 0 Å². The maximum absolute atomic E-state index is 13.1. The number of hydrogen-bond acceptors (Lipinski definition) is 0. The van der Waals surface area contributed by atoms with Crippen LogP contribution in [0.15, 0.2) is 35.4 Å². The molecule has 2 heteroatoms. The third-order valence-electron chi connectivity index (χ3n) is 14.1. The van der Waals surface area contributed by atoms with Gasteiger partial charge in [-0.05, 0) is 160 Å². The Kier molecular flexibility index (Phi) is 28.7. The first-order valence-corrected chi connectivity index (χ1v) is 27.7. The molecule has 350 valence electrons. The lowest BCUT2D eigenvalue weighted by molar-refractivity contribution is -0.345. The number of aryl methyl sites for hydroxylation is 4. The monoisotopic (exact) mass is 849 g/mol. The van der Waals surface area contributed by atoms with Crippen molar-refractivity contribution in [1.82, 2.24) is 0 Å². The highest BCUT2D eigenvalue weighted by Crippen LogP contribution is 2.46. The van der Waals surface area contributed by atoms with E-state index in [2.05, 4.69) is 79.7 Å². The lowest BCUT2D eigenvalue weighted by Gasteiger charge is -2.20. The van der Waals surface area contributed by atoms with Crippen LogP contribution in [-0.2, 0) is 38.5 Å². The Balaban J connectivity index is 2.27. The van der Waals surface area contributed by atoms with Crippen LogP contribution in [0.1, 0.15) is 293 Å². The molecule has 0 saturated carbocycles. The van der Waals surface area contributed by atoms with Crippen LogP contribution in [0.4, 0.5) is 0 Å². The van der Waals surface area contributed by atoms with E-state index in [0.29, 0.717) is 0 Å². The third kappa shape index (κ3) is 17.8. The lowest BCUT2D eigenvalue weighted by Crippen LogP contribution is -2.09. The van der Waals surface area contributed by atoms with E-state index in [-0.39, 0.29) is 0 Å². The SMILES string of the molecule is CCCCCCCCc1c(CCCCC)cc(C2=C(CCCC)C(CCCC)=C(c3cc(CCCCC)c(CCCCCCCC)c(CCCCC)c3)[N+]2=[N-])cc1CCCCC. The van der Waals surface area contributed by atoms with E-state index in [4.69, 9.17) is 0 Å². The molecule has 2 nitrogen and oxygen atoms in total. The van der Waals surface area contributed by atoms with Gasteiger partial charge in [0.05, 0.1) is 0 Å². The second kappa shape index (κ2) is 33.1. The van der Waals surface area contributed by atoms with Crippen molar-refractivity contribution >= 4 is 11.4 Å². The largest absolute Gasteiger partial charge is 0.493 e.